The van der Waals surface area contributed by atoms with Crippen molar-refractivity contribution in [3.05, 3.63) is 26.6 Å². The number of halogens is 5. The van der Waals surface area contributed by atoms with Crippen LogP contribution in [0.15, 0.2) is 21.1 Å². The molecule has 0 aliphatic carbocycles. The molecule has 0 saturated carbocycles. The molecule has 0 unspecified atom stereocenters. The van der Waals surface area contributed by atoms with Gasteiger partial charge in [-0.2, -0.15) is 13.2 Å². The number of hydrogen-bond acceptors (Lipinski definition) is 2. The molecule has 0 aromatic heterocycles. The summed E-state index contributed by atoms with van der Waals surface area (Å²) in [6, 6.07) is 0.742. The zero-order chi connectivity index (χ0) is 11.8. The minimum atomic E-state index is -4.51. The van der Waals surface area contributed by atoms with Gasteiger partial charge in [-0.3, -0.25) is 0 Å². The number of benzene rings is 1. The van der Waals surface area contributed by atoms with Crippen LogP contribution in [-0.2, 0) is 0 Å². The van der Waals surface area contributed by atoms with E-state index in [0.29, 0.717) is 8.95 Å². The maximum absolute atomic E-state index is 12.4. The Bertz CT molecular complexity index is 379. The topological polar surface area (TPSA) is 52.0 Å². The van der Waals surface area contributed by atoms with Crippen molar-refractivity contribution < 1.29 is 13.2 Å². The van der Waals surface area contributed by atoms with Gasteiger partial charge in [0.25, 0.3) is 0 Å². The lowest BCUT2D eigenvalue weighted by molar-refractivity contribution is -0.149. The quantitative estimate of drug-likeness (QED) is 0.765. The highest BCUT2D eigenvalue weighted by atomic mass is 79.9. The molecule has 0 bridgehead atoms. The summed E-state index contributed by atoms with van der Waals surface area (Å²) in [7, 11) is 0. The van der Waals surface area contributed by atoms with Crippen molar-refractivity contribution in [2.24, 2.45) is 5.73 Å². The molecule has 15 heavy (non-hydrogen) atoms. The number of nitrogens with two attached hydrogens (primary N) is 2. The fourth-order valence-electron chi connectivity index (χ4n) is 1.04. The Kier molecular flexibility index (Phi) is 3.67. The normalized spacial score (nSPS) is 14.0. The Balaban J connectivity index is 3.25. The number of hydrogen-bond donors (Lipinski definition) is 2. The largest absolute Gasteiger partial charge is 0.407 e. The molecule has 0 radical (unpaired) electrons. The van der Waals surface area contributed by atoms with Crippen molar-refractivity contribution in [2.45, 2.75) is 12.2 Å². The molecular weight excluding hydrogens is 341 g/mol. The van der Waals surface area contributed by atoms with Gasteiger partial charge >= 0.3 is 6.18 Å². The second kappa shape index (κ2) is 4.31. The molecule has 0 amide bonds. The first-order valence-electron chi connectivity index (χ1n) is 3.80. The molecule has 0 heterocycles. The zero-order valence-electron chi connectivity index (χ0n) is 7.28. The SMILES string of the molecule is Nc1c(Br)cc(Br)cc1[C@@H](N)C(F)(F)F. The second-order valence-electron chi connectivity index (χ2n) is 2.91. The average Bonchev–Trinajstić information content (AvgIpc) is 2.08. The fraction of sp³-hybridized carbons (Fsp3) is 0.250. The van der Waals surface area contributed by atoms with Gasteiger partial charge in [-0.15, -0.1) is 0 Å². The van der Waals surface area contributed by atoms with Gasteiger partial charge in [-0.25, -0.2) is 0 Å². The molecule has 1 aromatic carbocycles. The molecule has 0 fully saturated rings. The number of alkyl halides is 3. The summed E-state index contributed by atoms with van der Waals surface area (Å²) in [6.07, 6.45) is -4.51. The molecule has 1 aromatic rings. The van der Waals surface area contributed by atoms with Gasteiger partial charge in [0.1, 0.15) is 6.04 Å². The maximum Gasteiger partial charge on any atom is 0.407 e. The smallest absolute Gasteiger partial charge is 0.398 e. The van der Waals surface area contributed by atoms with Crippen LogP contribution < -0.4 is 11.5 Å². The van der Waals surface area contributed by atoms with Crippen LogP contribution in [0.2, 0.25) is 0 Å². The minimum absolute atomic E-state index is 0.00280. The maximum atomic E-state index is 12.4. The lowest BCUT2D eigenvalue weighted by Crippen LogP contribution is -2.29. The molecular formula is C8H7Br2F3N2. The van der Waals surface area contributed by atoms with Gasteiger partial charge in [0.05, 0.1) is 5.69 Å². The van der Waals surface area contributed by atoms with Crippen LogP contribution in [0.25, 0.3) is 0 Å². The predicted octanol–water partition coefficient (Wildman–Crippen LogP) is 3.36. The third kappa shape index (κ3) is 2.85. The molecule has 2 nitrogen and oxygen atoms in total. The summed E-state index contributed by atoms with van der Waals surface area (Å²) in [6.45, 7) is 0. The highest BCUT2D eigenvalue weighted by Gasteiger charge is 2.39. The third-order valence-corrected chi connectivity index (χ3v) is 2.93. The summed E-state index contributed by atoms with van der Waals surface area (Å²) in [5.74, 6) is 0. The molecule has 0 aliphatic rings. The Labute approximate surface area is 101 Å². The average molecular weight is 348 g/mol. The molecule has 0 saturated heterocycles. The van der Waals surface area contributed by atoms with E-state index >= 15 is 0 Å². The van der Waals surface area contributed by atoms with E-state index < -0.39 is 12.2 Å². The fourth-order valence-corrected chi connectivity index (χ4v) is 2.30. The molecule has 0 aliphatic heterocycles. The van der Waals surface area contributed by atoms with Crippen LogP contribution in [0.5, 0.6) is 0 Å². The van der Waals surface area contributed by atoms with Crippen LogP contribution in [0.4, 0.5) is 18.9 Å². The summed E-state index contributed by atoms with van der Waals surface area (Å²) in [5, 5.41) is 0. The summed E-state index contributed by atoms with van der Waals surface area (Å²) in [5.41, 5.74) is 10.4. The Morgan fingerprint density at radius 2 is 1.73 bits per heavy atom. The summed E-state index contributed by atoms with van der Waals surface area (Å²) in [4.78, 5) is 0. The van der Waals surface area contributed by atoms with Crippen molar-refractivity contribution >= 4 is 37.5 Å². The van der Waals surface area contributed by atoms with E-state index in [2.05, 4.69) is 31.9 Å². The van der Waals surface area contributed by atoms with Crippen LogP contribution in [0.3, 0.4) is 0 Å². The van der Waals surface area contributed by atoms with Crippen molar-refractivity contribution in [1.29, 1.82) is 0 Å². The Morgan fingerprint density at radius 1 is 1.20 bits per heavy atom. The van der Waals surface area contributed by atoms with Gasteiger partial charge in [-0.05, 0) is 28.1 Å². The van der Waals surface area contributed by atoms with Gasteiger partial charge in [-0.1, -0.05) is 15.9 Å². The second-order valence-corrected chi connectivity index (χ2v) is 4.68. The summed E-state index contributed by atoms with van der Waals surface area (Å²) < 4.78 is 38.0. The van der Waals surface area contributed by atoms with E-state index in [4.69, 9.17) is 11.5 Å². The number of nitrogen functional groups attached to an aromatic ring is 1. The van der Waals surface area contributed by atoms with E-state index in [9.17, 15) is 13.2 Å². The van der Waals surface area contributed by atoms with Crippen molar-refractivity contribution in [1.82, 2.24) is 0 Å². The summed E-state index contributed by atoms with van der Waals surface area (Å²) >= 11 is 6.13. The standard InChI is InChI=1S/C8H7Br2F3N2/c9-3-1-4(6(14)5(10)2-3)7(15)8(11,12)13/h1-2,7H,14-15H2/t7-/m1/s1. The third-order valence-electron chi connectivity index (χ3n) is 1.81. The van der Waals surface area contributed by atoms with Crippen LogP contribution in [-0.4, -0.2) is 6.18 Å². The first-order valence-corrected chi connectivity index (χ1v) is 5.38. The number of anilines is 1. The van der Waals surface area contributed by atoms with Crippen LogP contribution in [0.1, 0.15) is 11.6 Å². The lowest BCUT2D eigenvalue weighted by atomic mass is 10.1. The zero-order valence-corrected chi connectivity index (χ0v) is 10.4. The van der Waals surface area contributed by atoms with Crippen LogP contribution in [0, 0.1) is 0 Å². The van der Waals surface area contributed by atoms with Crippen molar-refractivity contribution in [3.63, 3.8) is 0 Å². The number of rotatable bonds is 1. The molecule has 7 heteroatoms. The van der Waals surface area contributed by atoms with Gasteiger partial charge in [0, 0.05) is 14.5 Å². The van der Waals surface area contributed by atoms with E-state index in [1.54, 1.807) is 6.07 Å². The molecule has 1 rings (SSSR count). The Hall–Kier alpha value is -0.270. The predicted molar refractivity (Wildman–Crippen MR) is 59.2 cm³/mol. The highest BCUT2D eigenvalue weighted by Crippen LogP contribution is 2.37. The first-order chi connectivity index (χ1) is 6.73. The van der Waals surface area contributed by atoms with Crippen molar-refractivity contribution in [3.8, 4) is 0 Å². The van der Waals surface area contributed by atoms with E-state index in [1.165, 1.54) is 6.07 Å². The van der Waals surface area contributed by atoms with Gasteiger partial charge in [0.15, 0.2) is 0 Å². The monoisotopic (exact) mass is 346 g/mol. The first kappa shape index (κ1) is 12.8. The molecule has 84 valence electrons. The van der Waals surface area contributed by atoms with E-state index in [0.717, 1.165) is 0 Å². The molecule has 1 atom stereocenters. The van der Waals surface area contributed by atoms with E-state index in [1.807, 2.05) is 0 Å². The molecule has 4 N–H and O–H groups in total. The van der Waals surface area contributed by atoms with Gasteiger partial charge < -0.3 is 11.5 Å². The Morgan fingerprint density at radius 3 is 2.20 bits per heavy atom. The minimum Gasteiger partial charge on any atom is -0.398 e. The molecule has 0 spiro atoms. The van der Waals surface area contributed by atoms with E-state index in [-0.39, 0.29) is 11.3 Å². The van der Waals surface area contributed by atoms with Gasteiger partial charge in [0.2, 0.25) is 0 Å². The highest BCUT2D eigenvalue weighted by molar-refractivity contribution is 9.11. The van der Waals surface area contributed by atoms with Crippen LogP contribution >= 0.6 is 31.9 Å². The van der Waals surface area contributed by atoms with Crippen molar-refractivity contribution in [2.75, 3.05) is 5.73 Å². The lowest BCUT2D eigenvalue weighted by Gasteiger charge is -2.18.